The Kier molecular flexibility index (Phi) is 7.35. The first kappa shape index (κ1) is 28.0. The number of benzene rings is 3. The van der Waals surface area contributed by atoms with Crippen LogP contribution < -0.4 is 15.3 Å². The highest BCUT2D eigenvalue weighted by atomic mass is 19.4. The van der Waals surface area contributed by atoms with Gasteiger partial charge in [0.2, 0.25) is 0 Å². The third-order valence-electron chi connectivity index (χ3n) is 7.23. The van der Waals surface area contributed by atoms with Gasteiger partial charge in [0.05, 0.1) is 18.5 Å². The second-order valence-electron chi connectivity index (χ2n) is 9.77. The van der Waals surface area contributed by atoms with Crippen molar-refractivity contribution in [3.8, 4) is 0 Å². The van der Waals surface area contributed by atoms with Crippen molar-refractivity contribution in [1.82, 2.24) is 10.3 Å². The molecule has 2 aliphatic heterocycles. The average molecular weight is 569 g/mol. The molecule has 2 aliphatic rings. The summed E-state index contributed by atoms with van der Waals surface area (Å²) in [6, 6.07) is 21.4. The number of nitrogens with one attached hydrogen (secondary N) is 1. The minimum Gasteiger partial charge on any atom is -0.453 e. The minimum absolute atomic E-state index is 0.0170. The largest absolute Gasteiger partial charge is 0.473 e. The van der Waals surface area contributed by atoms with Crippen LogP contribution in [-0.2, 0) is 26.4 Å². The predicted molar refractivity (Wildman–Crippen MR) is 143 cm³/mol. The van der Waals surface area contributed by atoms with Crippen molar-refractivity contribution in [3.63, 3.8) is 0 Å². The van der Waals surface area contributed by atoms with Crippen LogP contribution in [0, 0.1) is 6.92 Å². The van der Waals surface area contributed by atoms with E-state index in [2.05, 4.69) is 5.43 Å². The molecule has 41 heavy (non-hydrogen) atoms. The van der Waals surface area contributed by atoms with E-state index < -0.39 is 36.0 Å². The van der Waals surface area contributed by atoms with Gasteiger partial charge in [-0.25, -0.2) is 20.0 Å². The zero-order chi connectivity index (χ0) is 29.4. The number of carbonyl (C=O) groups is 3. The van der Waals surface area contributed by atoms with Gasteiger partial charge in [0.1, 0.15) is 18.3 Å². The molecular weight excluding hydrogens is 541 g/mol. The average Bonchev–Trinajstić information content (AvgIpc) is 3.47. The molecule has 1 fully saturated rings. The Bertz CT molecular complexity index is 1450. The third-order valence-corrected chi connectivity index (χ3v) is 7.23. The highest BCUT2D eigenvalue weighted by Crippen LogP contribution is 2.51. The fourth-order valence-electron chi connectivity index (χ4n) is 5.36. The molecule has 1 saturated heterocycles. The fourth-order valence-corrected chi connectivity index (χ4v) is 5.36. The van der Waals surface area contributed by atoms with Gasteiger partial charge in [-0.05, 0) is 37.1 Å². The molecule has 1 unspecified atom stereocenters. The van der Waals surface area contributed by atoms with E-state index in [-0.39, 0.29) is 25.3 Å². The number of halogens is 3. The minimum atomic E-state index is -5.23. The summed E-state index contributed by atoms with van der Waals surface area (Å²) >= 11 is 0. The lowest BCUT2D eigenvalue weighted by atomic mass is 9.89. The van der Waals surface area contributed by atoms with E-state index in [0.29, 0.717) is 16.3 Å². The highest BCUT2D eigenvalue weighted by molar-refractivity contribution is 5.98. The first-order chi connectivity index (χ1) is 19.6. The molecule has 2 atom stereocenters. The molecule has 12 heteroatoms. The maximum atomic E-state index is 13.9. The first-order valence-electron chi connectivity index (χ1n) is 12.8. The molecule has 0 aliphatic carbocycles. The molecule has 214 valence electrons. The summed E-state index contributed by atoms with van der Waals surface area (Å²) in [6.45, 7) is 1.70. The van der Waals surface area contributed by atoms with Crippen LogP contribution in [0.4, 0.5) is 34.1 Å². The van der Waals surface area contributed by atoms with Crippen LogP contribution in [0.3, 0.4) is 0 Å². The molecular formula is C29H27F3N4O5. The number of carbonyl (C=O) groups excluding carboxylic acids is 3. The molecule has 3 aromatic carbocycles. The van der Waals surface area contributed by atoms with Gasteiger partial charge in [0.15, 0.2) is 0 Å². The van der Waals surface area contributed by atoms with E-state index in [1.165, 1.54) is 29.0 Å². The molecule has 2 heterocycles. The summed E-state index contributed by atoms with van der Waals surface area (Å²) < 4.78 is 52.3. The molecule has 0 aromatic heterocycles. The number of likely N-dealkylation sites (tertiary alicyclic amines) is 1. The normalized spacial score (nSPS) is 19.4. The van der Waals surface area contributed by atoms with E-state index in [0.717, 1.165) is 11.1 Å². The predicted octanol–water partition coefficient (Wildman–Crippen LogP) is 5.25. The number of hydrogen-bond acceptors (Lipinski definition) is 6. The van der Waals surface area contributed by atoms with Gasteiger partial charge in [-0.3, -0.25) is 14.6 Å². The Labute approximate surface area is 234 Å². The van der Waals surface area contributed by atoms with Crippen molar-refractivity contribution in [1.29, 1.82) is 0 Å². The van der Waals surface area contributed by atoms with Gasteiger partial charge in [-0.1, -0.05) is 66.2 Å². The third kappa shape index (κ3) is 5.06. The van der Waals surface area contributed by atoms with Gasteiger partial charge in [0.25, 0.3) is 0 Å². The van der Waals surface area contributed by atoms with E-state index in [1.54, 1.807) is 67.6 Å². The second kappa shape index (κ2) is 10.8. The van der Waals surface area contributed by atoms with Crippen molar-refractivity contribution in [2.45, 2.75) is 37.8 Å². The van der Waals surface area contributed by atoms with E-state index in [1.807, 2.05) is 6.07 Å². The van der Waals surface area contributed by atoms with Gasteiger partial charge in [0, 0.05) is 12.1 Å². The number of fused-ring (bicyclic) bond motifs is 3. The lowest BCUT2D eigenvalue weighted by molar-refractivity contribution is -0.171. The summed E-state index contributed by atoms with van der Waals surface area (Å²) in [5, 5.41) is 0.433. The number of nitrogens with zero attached hydrogens (tertiary/aromatic N) is 3. The van der Waals surface area contributed by atoms with Crippen LogP contribution in [0.15, 0.2) is 78.9 Å². The Morgan fingerprint density at radius 3 is 2.29 bits per heavy atom. The second-order valence-corrected chi connectivity index (χ2v) is 9.77. The molecule has 0 bridgehead atoms. The number of ether oxygens (including phenoxy) is 2. The topological polar surface area (TPSA) is 91.4 Å². The number of hydrazine groups is 1. The first-order valence-corrected chi connectivity index (χ1v) is 12.8. The number of methoxy groups -OCH3 is 1. The summed E-state index contributed by atoms with van der Waals surface area (Å²) in [7, 11) is 1.17. The van der Waals surface area contributed by atoms with E-state index in [4.69, 9.17) is 9.47 Å². The van der Waals surface area contributed by atoms with Crippen LogP contribution in [0.1, 0.15) is 23.1 Å². The Hall–Kier alpha value is -4.58. The van der Waals surface area contributed by atoms with Crippen LogP contribution >= 0.6 is 0 Å². The highest BCUT2D eigenvalue weighted by Gasteiger charge is 2.63. The standard InChI is InChI=1S/C29H27F3N4O5/c1-19-12-14-21(15-13-19)36(25(37)29(30,31)32)33-28-16-17-34(26(38)40-2)24(28)35(23-11-7-6-10-22(23)28)27(39)41-18-20-8-4-3-5-9-20/h3-15,24,33H,16-18H2,1-2H3/t24?,28-/m0/s1. The monoisotopic (exact) mass is 568 g/mol. The lowest BCUT2D eigenvalue weighted by Crippen LogP contribution is -2.64. The summed E-state index contributed by atoms with van der Waals surface area (Å²) in [5.41, 5.74) is 3.46. The van der Waals surface area contributed by atoms with E-state index in [9.17, 15) is 27.6 Å². The number of para-hydroxylation sites is 1. The number of anilines is 2. The van der Waals surface area contributed by atoms with Crippen molar-refractivity contribution in [2.75, 3.05) is 23.6 Å². The van der Waals surface area contributed by atoms with Crippen LogP contribution in [-0.4, -0.2) is 49.0 Å². The molecule has 5 rings (SSSR count). The smallest absolute Gasteiger partial charge is 0.453 e. The summed E-state index contributed by atoms with van der Waals surface area (Å²) in [6.07, 6.45) is -8.01. The number of amides is 3. The van der Waals surface area contributed by atoms with Crippen LogP contribution in [0.2, 0.25) is 0 Å². The fraction of sp³-hybridized carbons (Fsp3) is 0.276. The maximum Gasteiger partial charge on any atom is 0.473 e. The Morgan fingerprint density at radius 1 is 0.976 bits per heavy atom. The summed E-state index contributed by atoms with van der Waals surface area (Å²) in [5.74, 6) is -2.16. The number of rotatable bonds is 5. The van der Waals surface area contributed by atoms with E-state index >= 15 is 0 Å². The lowest BCUT2D eigenvalue weighted by Gasteiger charge is -2.39. The molecule has 3 aromatic rings. The van der Waals surface area contributed by atoms with Gasteiger partial charge < -0.3 is 9.47 Å². The van der Waals surface area contributed by atoms with Crippen LogP contribution in [0.5, 0.6) is 0 Å². The zero-order valence-corrected chi connectivity index (χ0v) is 22.2. The maximum absolute atomic E-state index is 13.9. The molecule has 9 nitrogen and oxygen atoms in total. The van der Waals surface area contributed by atoms with Crippen molar-refractivity contribution in [3.05, 3.63) is 95.6 Å². The molecule has 3 amide bonds. The molecule has 0 radical (unpaired) electrons. The quantitative estimate of drug-likeness (QED) is 0.423. The van der Waals surface area contributed by atoms with Gasteiger partial charge in [-0.2, -0.15) is 13.2 Å². The Morgan fingerprint density at radius 2 is 1.63 bits per heavy atom. The van der Waals surface area contributed by atoms with Gasteiger partial charge in [-0.15, -0.1) is 0 Å². The molecule has 0 saturated carbocycles. The number of aryl methyl sites for hydroxylation is 1. The number of hydrogen-bond donors (Lipinski definition) is 1. The number of alkyl halides is 3. The summed E-state index contributed by atoms with van der Waals surface area (Å²) in [4.78, 5) is 41.8. The van der Waals surface area contributed by atoms with Crippen molar-refractivity contribution < 1.29 is 37.0 Å². The zero-order valence-electron chi connectivity index (χ0n) is 22.2. The molecule has 1 N–H and O–H groups in total. The van der Waals surface area contributed by atoms with Gasteiger partial charge >= 0.3 is 24.3 Å². The Balaban J connectivity index is 1.60. The molecule has 0 spiro atoms. The van der Waals surface area contributed by atoms with Crippen molar-refractivity contribution >= 4 is 29.5 Å². The SMILES string of the molecule is COC(=O)N1CC[C@]2(NN(C(=O)C(F)(F)F)c3ccc(C)cc3)c3ccccc3N(C(=O)OCc3ccccc3)C12. The van der Waals surface area contributed by atoms with Crippen molar-refractivity contribution in [2.24, 2.45) is 0 Å². The van der Waals surface area contributed by atoms with Crippen LogP contribution in [0.25, 0.3) is 0 Å².